The lowest BCUT2D eigenvalue weighted by molar-refractivity contribution is 0.0785. The van der Waals surface area contributed by atoms with E-state index in [2.05, 4.69) is 0 Å². The first-order valence-electron chi connectivity index (χ1n) is 7.40. The molecule has 0 aliphatic rings. The van der Waals surface area contributed by atoms with Gasteiger partial charge in [-0.3, -0.25) is 4.79 Å². The van der Waals surface area contributed by atoms with Gasteiger partial charge in [0, 0.05) is 25.7 Å². The maximum atomic E-state index is 12.4. The zero-order valence-corrected chi connectivity index (χ0v) is 14.3. The molecule has 2 rings (SSSR count). The molecule has 0 aromatic heterocycles. The van der Waals surface area contributed by atoms with E-state index in [4.69, 9.17) is 10.5 Å². The number of nitrogens with zero attached hydrogens (tertiary/aromatic N) is 1. The summed E-state index contributed by atoms with van der Waals surface area (Å²) in [5.74, 6) is 0.843. The van der Waals surface area contributed by atoms with Crippen LogP contribution in [0.1, 0.15) is 28.4 Å². The summed E-state index contributed by atoms with van der Waals surface area (Å²) in [6, 6.07) is 15.2. The lowest BCUT2D eigenvalue weighted by atomic mass is 10.1. The SMILES string of the molecule is CCOc1ccc(CN(C)C(=O)c2ccc(CN)cc2)cc1.Cl. The molecule has 0 aliphatic carbocycles. The van der Waals surface area contributed by atoms with Crippen LogP contribution in [0.15, 0.2) is 48.5 Å². The third kappa shape index (κ3) is 5.27. The topological polar surface area (TPSA) is 55.6 Å². The molecule has 0 saturated carbocycles. The number of carbonyl (C=O) groups excluding carboxylic acids is 1. The van der Waals surface area contributed by atoms with E-state index in [1.54, 1.807) is 11.9 Å². The van der Waals surface area contributed by atoms with Gasteiger partial charge in [-0.2, -0.15) is 0 Å². The van der Waals surface area contributed by atoms with Crippen LogP contribution in [0.4, 0.5) is 0 Å². The van der Waals surface area contributed by atoms with Crippen molar-refractivity contribution in [1.29, 1.82) is 0 Å². The van der Waals surface area contributed by atoms with Crippen LogP contribution in [0.3, 0.4) is 0 Å². The van der Waals surface area contributed by atoms with Crippen LogP contribution in [-0.4, -0.2) is 24.5 Å². The fourth-order valence-corrected chi connectivity index (χ4v) is 2.21. The predicted octanol–water partition coefficient (Wildman–Crippen LogP) is 3.24. The minimum absolute atomic E-state index is 0. The van der Waals surface area contributed by atoms with E-state index in [9.17, 15) is 4.79 Å². The molecular formula is C18H23ClN2O2. The lowest BCUT2D eigenvalue weighted by Crippen LogP contribution is -2.26. The van der Waals surface area contributed by atoms with Crippen LogP contribution in [0.5, 0.6) is 5.75 Å². The molecule has 0 spiro atoms. The standard InChI is InChI=1S/C18H22N2O2.ClH/c1-3-22-17-10-6-15(7-11-17)13-20(2)18(21)16-8-4-14(12-19)5-9-16;/h4-11H,3,12-13,19H2,1-2H3;1H. The van der Waals surface area contributed by atoms with Gasteiger partial charge in [0.2, 0.25) is 0 Å². The van der Waals surface area contributed by atoms with Crippen molar-refractivity contribution in [2.24, 2.45) is 5.73 Å². The molecule has 2 aromatic rings. The third-order valence-corrected chi connectivity index (χ3v) is 3.44. The highest BCUT2D eigenvalue weighted by Crippen LogP contribution is 2.14. The summed E-state index contributed by atoms with van der Waals surface area (Å²) in [5.41, 5.74) is 8.32. The minimum atomic E-state index is -0.00236. The molecule has 0 saturated heterocycles. The Labute approximate surface area is 143 Å². The largest absolute Gasteiger partial charge is 0.494 e. The molecule has 23 heavy (non-hydrogen) atoms. The quantitative estimate of drug-likeness (QED) is 0.882. The zero-order chi connectivity index (χ0) is 15.9. The minimum Gasteiger partial charge on any atom is -0.494 e. The van der Waals surface area contributed by atoms with E-state index in [-0.39, 0.29) is 18.3 Å². The molecule has 0 heterocycles. The van der Waals surface area contributed by atoms with E-state index < -0.39 is 0 Å². The van der Waals surface area contributed by atoms with E-state index >= 15 is 0 Å². The molecule has 2 aromatic carbocycles. The van der Waals surface area contributed by atoms with Gasteiger partial charge < -0.3 is 15.4 Å². The van der Waals surface area contributed by atoms with Crippen molar-refractivity contribution >= 4 is 18.3 Å². The Kier molecular flexibility index (Phi) is 7.59. The predicted molar refractivity (Wildman–Crippen MR) is 95.0 cm³/mol. The Bertz CT molecular complexity index is 612. The van der Waals surface area contributed by atoms with Crippen molar-refractivity contribution in [2.45, 2.75) is 20.0 Å². The number of amides is 1. The van der Waals surface area contributed by atoms with E-state index in [1.807, 2.05) is 55.5 Å². The highest BCUT2D eigenvalue weighted by atomic mass is 35.5. The maximum Gasteiger partial charge on any atom is 0.253 e. The summed E-state index contributed by atoms with van der Waals surface area (Å²) in [6.45, 7) is 3.65. The van der Waals surface area contributed by atoms with Crippen molar-refractivity contribution in [1.82, 2.24) is 4.90 Å². The Balaban J connectivity index is 0.00000264. The number of ether oxygens (including phenoxy) is 1. The fourth-order valence-electron chi connectivity index (χ4n) is 2.21. The normalized spacial score (nSPS) is 9.87. The van der Waals surface area contributed by atoms with Gasteiger partial charge in [-0.25, -0.2) is 0 Å². The van der Waals surface area contributed by atoms with Crippen molar-refractivity contribution in [2.75, 3.05) is 13.7 Å². The van der Waals surface area contributed by atoms with Gasteiger partial charge in [0.05, 0.1) is 6.61 Å². The number of halogens is 1. The average Bonchev–Trinajstić information content (AvgIpc) is 2.56. The van der Waals surface area contributed by atoms with E-state index in [1.165, 1.54) is 0 Å². The van der Waals surface area contributed by atoms with Crippen LogP contribution in [0, 0.1) is 0 Å². The molecule has 0 atom stereocenters. The molecule has 124 valence electrons. The Morgan fingerprint density at radius 3 is 2.13 bits per heavy atom. The van der Waals surface area contributed by atoms with Gasteiger partial charge in [-0.1, -0.05) is 24.3 Å². The molecule has 0 fully saturated rings. The first-order valence-corrected chi connectivity index (χ1v) is 7.40. The monoisotopic (exact) mass is 334 g/mol. The number of nitrogens with two attached hydrogens (primary N) is 1. The lowest BCUT2D eigenvalue weighted by Gasteiger charge is -2.18. The van der Waals surface area contributed by atoms with Gasteiger partial charge in [-0.15, -0.1) is 12.4 Å². The second-order valence-corrected chi connectivity index (χ2v) is 5.14. The van der Waals surface area contributed by atoms with Gasteiger partial charge in [0.25, 0.3) is 5.91 Å². The smallest absolute Gasteiger partial charge is 0.253 e. The highest BCUT2D eigenvalue weighted by molar-refractivity contribution is 5.94. The number of hydrogen-bond donors (Lipinski definition) is 1. The number of benzene rings is 2. The van der Waals surface area contributed by atoms with Crippen LogP contribution >= 0.6 is 12.4 Å². The van der Waals surface area contributed by atoms with Crippen molar-refractivity contribution < 1.29 is 9.53 Å². The van der Waals surface area contributed by atoms with Crippen LogP contribution < -0.4 is 10.5 Å². The molecular weight excluding hydrogens is 312 g/mol. The Hall–Kier alpha value is -2.04. The zero-order valence-electron chi connectivity index (χ0n) is 13.5. The van der Waals surface area contributed by atoms with Gasteiger partial charge in [0.15, 0.2) is 0 Å². The first kappa shape index (κ1) is 19.0. The van der Waals surface area contributed by atoms with Crippen molar-refractivity contribution in [3.05, 3.63) is 65.2 Å². The van der Waals surface area contributed by atoms with Gasteiger partial charge >= 0.3 is 0 Å². The second-order valence-electron chi connectivity index (χ2n) is 5.14. The second kappa shape index (κ2) is 9.18. The van der Waals surface area contributed by atoms with Gasteiger partial charge in [-0.05, 0) is 42.3 Å². The molecule has 0 bridgehead atoms. The van der Waals surface area contributed by atoms with Gasteiger partial charge in [0.1, 0.15) is 5.75 Å². The summed E-state index contributed by atoms with van der Waals surface area (Å²) in [6.07, 6.45) is 0. The van der Waals surface area contributed by atoms with Crippen molar-refractivity contribution in [3.8, 4) is 5.75 Å². The Morgan fingerprint density at radius 1 is 1.04 bits per heavy atom. The molecule has 1 amide bonds. The summed E-state index contributed by atoms with van der Waals surface area (Å²) >= 11 is 0. The summed E-state index contributed by atoms with van der Waals surface area (Å²) in [4.78, 5) is 14.1. The van der Waals surface area contributed by atoms with E-state index in [0.717, 1.165) is 16.9 Å². The molecule has 0 aliphatic heterocycles. The third-order valence-electron chi connectivity index (χ3n) is 3.44. The maximum absolute atomic E-state index is 12.4. The first-order chi connectivity index (χ1) is 10.6. The Morgan fingerprint density at radius 2 is 1.61 bits per heavy atom. The molecule has 2 N–H and O–H groups in total. The summed E-state index contributed by atoms with van der Waals surface area (Å²) in [7, 11) is 1.80. The van der Waals surface area contributed by atoms with Crippen molar-refractivity contribution in [3.63, 3.8) is 0 Å². The van der Waals surface area contributed by atoms with Crippen LogP contribution in [0.2, 0.25) is 0 Å². The number of hydrogen-bond acceptors (Lipinski definition) is 3. The summed E-state index contributed by atoms with van der Waals surface area (Å²) < 4.78 is 5.41. The molecule has 0 unspecified atom stereocenters. The molecule has 5 heteroatoms. The van der Waals surface area contributed by atoms with E-state index in [0.29, 0.717) is 25.3 Å². The number of rotatable bonds is 6. The number of carbonyl (C=O) groups is 1. The molecule has 4 nitrogen and oxygen atoms in total. The van der Waals surface area contributed by atoms with Crippen LogP contribution in [-0.2, 0) is 13.1 Å². The highest BCUT2D eigenvalue weighted by Gasteiger charge is 2.11. The fraction of sp³-hybridized carbons (Fsp3) is 0.278. The molecule has 0 radical (unpaired) electrons. The summed E-state index contributed by atoms with van der Waals surface area (Å²) in [5, 5.41) is 0. The average molecular weight is 335 g/mol. The van der Waals surface area contributed by atoms with Crippen LogP contribution in [0.25, 0.3) is 0 Å².